The largest absolute Gasteiger partial charge is 0.479 e. The molecule has 1 heterocycles. The number of para-hydroxylation sites is 1. The lowest BCUT2D eigenvalue weighted by Gasteiger charge is -2.26. The molecule has 2 aromatic rings. The predicted octanol–water partition coefficient (Wildman–Crippen LogP) is 2.30. The number of carbonyl (C=O) groups excluding carboxylic acids is 1. The van der Waals surface area contributed by atoms with E-state index in [0.717, 1.165) is 5.56 Å². The Hall–Kier alpha value is -2.93. The lowest BCUT2D eigenvalue weighted by atomic mass is 10.1. The quantitative estimate of drug-likeness (QED) is 0.652. The Bertz CT molecular complexity index is 1070. The molecule has 0 spiro atoms. The van der Waals surface area contributed by atoms with Crippen LogP contribution in [0.3, 0.4) is 0 Å². The van der Waals surface area contributed by atoms with Gasteiger partial charge in [-0.25, -0.2) is 8.42 Å². The van der Waals surface area contributed by atoms with Gasteiger partial charge in [-0.15, -0.1) is 0 Å². The van der Waals surface area contributed by atoms with E-state index in [2.05, 4.69) is 11.4 Å². The summed E-state index contributed by atoms with van der Waals surface area (Å²) in [5, 5.41) is 12.1. The highest BCUT2D eigenvalue weighted by molar-refractivity contribution is 7.89. The normalized spacial score (nSPS) is 15.7. The van der Waals surface area contributed by atoms with Crippen LogP contribution in [0.15, 0.2) is 53.4 Å². The number of carbonyl (C=O) groups is 1. The van der Waals surface area contributed by atoms with Crippen LogP contribution >= 0.6 is 0 Å². The molecule has 1 amide bonds. The van der Waals surface area contributed by atoms with Crippen molar-refractivity contribution in [2.24, 2.45) is 5.92 Å². The highest BCUT2D eigenvalue weighted by Gasteiger charge is 2.27. The van der Waals surface area contributed by atoms with E-state index < -0.39 is 16.1 Å². The first-order chi connectivity index (χ1) is 15.3. The minimum Gasteiger partial charge on any atom is -0.479 e. The number of benzene rings is 2. The SMILES string of the molecule is CC(C)C(Oc1ccccc1C#N)C(=O)NCc1ccc(S(=O)(=O)N2CCOCC2)cc1. The van der Waals surface area contributed by atoms with Gasteiger partial charge in [-0.05, 0) is 35.7 Å². The molecule has 1 saturated heterocycles. The number of morpholine rings is 1. The average molecular weight is 458 g/mol. The first kappa shape index (κ1) is 23.7. The number of sulfonamides is 1. The third-order valence-corrected chi connectivity index (χ3v) is 7.04. The summed E-state index contributed by atoms with van der Waals surface area (Å²) in [4.78, 5) is 13.0. The van der Waals surface area contributed by atoms with Gasteiger partial charge in [0.05, 0.1) is 23.7 Å². The van der Waals surface area contributed by atoms with Crippen LogP contribution in [0.1, 0.15) is 25.0 Å². The Morgan fingerprint density at radius 2 is 1.81 bits per heavy atom. The lowest BCUT2D eigenvalue weighted by Crippen LogP contribution is -2.41. The molecular formula is C23H27N3O5S. The van der Waals surface area contributed by atoms with E-state index in [1.54, 1.807) is 48.5 Å². The van der Waals surface area contributed by atoms with Crippen molar-refractivity contribution in [1.29, 1.82) is 5.26 Å². The summed E-state index contributed by atoms with van der Waals surface area (Å²) in [6, 6.07) is 15.3. The standard InChI is InChI=1S/C23H27N3O5S/c1-17(2)22(31-21-6-4-3-5-19(21)15-24)23(27)25-16-18-7-9-20(10-8-18)32(28,29)26-11-13-30-14-12-26/h3-10,17,22H,11-14,16H2,1-2H3,(H,25,27). The number of nitrogens with one attached hydrogen (secondary N) is 1. The third-order valence-electron chi connectivity index (χ3n) is 5.12. The molecule has 32 heavy (non-hydrogen) atoms. The van der Waals surface area contributed by atoms with Crippen molar-refractivity contribution in [1.82, 2.24) is 9.62 Å². The highest BCUT2D eigenvalue weighted by atomic mass is 32.2. The molecule has 0 aromatic heterocycles. The highest BCUT2D eigenvalue weighted by Crippen LogP contribution is 2.21. The van der Waals surface area contributed by atoms with Gasteiger partial charge >= 0.3 is 0 Å². The fourth-order valence-corrected chi connectivity index (χ4v) is 4.70. The van der Waals surface area contributed by atoms with Gasteiger partial charge in [0.25, 0.3) is 5.91 Å². The summed E-state index contributed by atoms with van der Waals surface area (Å²) in [5.74, 6) is -0.0675. The predicted molar refractivity (Wildman–Crippen MR) is 118 cm³/mol. The van der Waals surface area contributed by atoms with E-state index >= 15 is 0 Å². The smallest absolute Gasteiger partial charge is 0.261 e. The van der Waals surface area contributed by atoms with E-state index in [4.69, 9.17) is 9.47 Å². The molecule has 0 aliphatic carbocycles. The van der Waals surface area contributed by atoms with Gasteiger partial charge in [0.2, 0.25) is 10.0 Å². The van der Waals surface area contributed by atoms with E-state index in [1.807, 2.05) is 13.8 Å². The van der Waals surface area contributed by atoms with Crippen LogP contribution in [0, 0.1) is 17.2 Å². The number of nitriles is 1. The summed E-state index contributed by atoms with van der Waals surface area (Å²) in [5.41, 5.74) is 1.13. The molecule has 170 valence electrons. The van der Waals surface area contributed by atoms with Crippen molar-refractivity contribution in [2.45, 2.75) is 31.4 Å². The molecule has 8 nitrogen and oxygen atoms in total. The van der Waals surface area contributed by atoms with Crippen LogP contribution in [0.25, 0.3) is 0 Å². The summed E-state index contributed by atoms with van der Waals surface area (Å²) >= 11 is 0. The minimum atomic E-state index is -3.56. The van der Waals surface area contributed by atoms with Crippen molar-refractivity contribution >= 4 is 15.9 Å². The topological polar surface area (TPSA) is 109 Å². The summed E-state index contributed by atoms with van der Waals surface area (Å²) < 4.78 is 37.9. The maximum Gasteiger partial charge on any atom is 0.261 e. The van der Waals surface area contributed by atoms with Gasteiger partial charge in [-0.3, -0.25) is 4.79 Å². The zero-order valence-electron chi connectivity index (χ0n) is 18.2. The van der Waals surface area contributed by atoms with Crippen LogP contribution in [0.4, 0.5) is 0 Å². The molecule has 1 aliphatic rings. The zero-order chi connectivity index (χ0) is 23.1. The number of amides is 1. The second-order valence-electron chi connectivity index (χ2n) is 7.77. The summed E-state index contributed by atoms with van der Waals surface area (Å²) in [6.45, 7) is 5.41. The first-order valence-electron chi connectivity index (χ1n) is 10.4. The van der Waals surface area contributed by atoms with E-state index in [0.29, 0.717) is 37.6 Å². The van der Waals surface area contributed by atoms with Crippen molar-refractivity contribution in [3.05, 3.63) is 59.7 Å². The molecule has 1 aliphatic heterocycles. The maximum atomic E-state index is 12.8. The Morgan fingerprint density at radius 3 is 2.44 bits per heavy atom. The number of rotatable bonds is 8. The van der Waals surface area contributed by atoms with Gasteiger partial charge in [0.15, 0.2) is 6.10 Å². The second kappa shape index (κ2) is 10.6. The zero-order valence-corrected chi connectivity index (χ0v) is 19.0. The molecule has 0 bridgehead atoms. The third kappa shape index (κ3) is 5.65. The van der Waals surface area contributed by atoms with Crippen molar-refractivity contribution in [3.63, 3.8) is 0 Å². The van der Waals surface area contributed by atoms with Gasteiger partial charge in [0.1, 0.15) is 11.8 Å². The molecule has 1 unspecified atom stereocenters. The Balaban J connectivity index is 1.63. The number of nitrogens with zero attached hydrogens (tertiary/aromatic N) is 2. The number of ether oxygens (including phenoxy) is 2. The van der Waals surface area contributed by atoms with Crippen LogP contribution < -0.4 is 10.1 Å². The fourth-order valence-electron chi connectivity index (χ4n) is 3.30. The molecule has 1 fully saturated rings. The molecule has 9 heteroatoms. The van der Waals surface area contributed by atoms with Gasteiger partial charge in [0, 0.05) is 19.6 Å². The molecule has 0 saturated carbocycles. The molecule has 0 radical (unpaired) electrons. The second-order valence-corrected chi connectivity index (χ2v) is 9.71. The number of hydrogen-bond donors (Lipinski definition) is 1. The lowest BCUT2D eigenvalue weighted by molar-refractivity contribution is -0.130. The monoisotopic (exact) mass is 457 g/mol. The maximum absolute atomic E-state index is 12.8. The van der Waals surface area contributed by atoms with E-state index in [9.17, 15) is 18.5 Å². The Labute approximate surface area is 188 Å². The van der Waals surface area contributed by atoms with Crippen molar-refractivity contribution < 1.29 is 22.7 Å². The molecule has 1 N–H and O–H groups in total. The van der Waals surface area contributed by atoms with Crippen molar-refractivity contribution in [2.75, 3.05) is 26.3 Å². The molecule has 2 aromatic carbocycles. The summed E-state index contributed by atoms with van der Waals surface area (Å²) in [6.07, 6.45) is -0.773. The Kier molecular flexibility index (Phi) is 7.85. The first-order valence-corrected chi connectivity index (χ1v) is 11.9. The minimum absolute atomic E-state index is 0.122. The van der Waals surface area contributed by atoms with Crippen LogP contribution in [0.2, 0.25) is 0 Å². The molecule has 1 atom stereocenters. The van der Waals surface area contributed by atoms with Crippen molar-refractivity contribution in [3.8, 4) is 11.8 Å². The van der Waals surface area contributed by atoms with Gasteiger partial charge < -0.3 is 14.8 Å². The average Bonchev–Trinajstić information content (AvgIpc) is 2.81. The Morgan fingerprint density at radius 1 is 1.16 bits per heavy atom. The van der Waals surface area contributed by atoms with Crippen LogP contribution in [0.5, 0.6) is 5.75 Å². The van der Waals surface area contributed by atoms with Crippen LogP contribution in [-0.2, 0) is 26.1 Å². The number of hydrogen-bond acceptors (Lipinski definition) is 6. The fraction of sp³-hybridized carbons (Fsp3) is 0.391. The molecular weight excluding hydrogens is 430 g/mol. The molecule has 3 rings (SSSR count). The van der Waals surface area contributed by atoms with E-state index in [-0.39, 0.29) is 23.3 Å². The van der Waals surface area contributed by atoms with Crippen LogP contribution in [-0.4, -0.2) is 51.0 Å². The van der Waals surface area contributed by atoms with E-state index in [1.165, 1.54) is 4.31 Å². The summed E-state index contributed by atoms with van der Waals surface area (Å²) in [7, 11) is -3.56. The van der Waals surface area contributed by atoms with Gasteiger partial charge in [-0.1, -0.05) is 38.1 Å². The van der Waals surface area contributed by atoms with Gasteiger partial charge in [-0.2, -0.15) is 9.57 Å².